The molecule has 1 heterocycles. The lowest BCUT2D eigenvalue weighted by Crippen LogP contribution is -2.62. The van der Waals surface area contributed by atoms with Gasteiger partial charge >= 0.3 is 5.97 Å². The van der Waals surface area contributed by atoms with E-state index in [4.69, 9.17) is 16.7 Å². The molecular formula is C13H16ClNO5S. The van der Waals surface area contributed by atoms with Crippen molar-refractivity contribution in [2.45, 2.75) is 30.8 Å². The van der Waals surface area contributed by atoms with Crippen molar-refractivity contribution in [2.24, 2.45) is 0 Å². The minimum atomic E-state index is -3.87. The molecule has 0 unspecified atom stereocenters. The van der Waals surface area contributed by atoms with E-state index in [0.29, 0.717) is 6.42 Å². The van der Waals surface area contributed by atoms with Crippen molar-refractivity contribution in [3.05, 3.63) is 28.3 Å². The number of aliphatic hydroxyl groups is 1. The maximum Gasteiger partial charge on any atom is 0.336 e. The molecule has 2 N–H and O–H groups in total. The van der Waals surface area contributed by atoms with Gasteiger partial charge in [0.05, 0.1) is 16.1 Å². The van der Waals surface area contributed by atoms with Crippen LogP contribution in [-0.4, -0.2) is 47.6 Å². The Balaban J connectivity index is 2.45. The van der Waals surface area contributed by atoms with Crippen molar-refractivity contribution in [2.75, 3.05) is 13.1 Å². The van der Waals surface area contributed by atoms with Crippen molar-refractivity contribution >= 4 is 27.6 Å². The van der Waals surface area contributed by atoms with Crippen molar-refractivity contribution in [1.29, 1.82) is 0 Å². The molecule has 1 fully saturated rings. The van der Waals surface area contributed by atoms with Gasteiger partial charge in [-0.25, -0.2) is 13.2 Å². The summed E-state index contributed by atoms with van der Waals surface area (Å²) < 4.78 is 26.2. The molecule has 2 rings (SSSR count). The van der Waals surface area contributed by atoms with Gasteiger partial charge in [-0.15, -0.1) is 0 Å². The van der Waals surface area contributed by atoms with Gasteiger partial charge in [-0.3, -0.25) is 0 Å². The molecule has 21 heavy (non-hydrogen) atoms. The molecule has 0 aliphatic carbocycles. The van der Waals surface area contributed by atoms with Crippen LogP contribution >= 0.6 is 11.6 Å². The van der Waals surface area contributed by atoms with E-state index in [1.165, 1.54) is 19.1 Å². The Morgan fingerprint density at radius 1 is 1.43 bits per heavy atom. The van der Waals surface area contributed by atoms with Gasteiger partial charge < -0.3 is 10.2 Å². The third-order valence-corrected chi connectivity index (χ3v) is 5.91. The summed E-state index contributed by atoms with van der Waals surface area (Å²) >= 11 is 5.83. The predicted octanol–water partition coefficient (Wildman–Crippen LogP) is 1.49. The number of carboxylic acids is 1. The molecule has 0 saturated carbocycles. The number of benzene rings is 1. The van der Waals surface area contributed by atoms with E-state index in [1.807, 2.05) is 0 Å². The second-order valence-corrected chi connectivity index (χ2v) is 7.58. The van der Waals surface area contributed by atoms with E-state index in [2.05, 4.69) is 0 Å². The Hall–Kier alpha value is -1.15. The van der Waals surface area contributed by atoms with Crippen molar-refractivity contribution < 1.29 is 23.4 Å². The van der Waals surface area contributed by atoms with Gasteiger partial charge in [0.25, 0.3) is 0 Å². The maximum absolute atomic E-state index is 12.5. The topological polar surface area (TPSA) is 94.9 Å². The van der Waals surface area contributed by atoms with Crippen LogP contribution in [0.4, 0.5) is 0 Å². The Bertz CT molecular complexity index is 695. The molecule has 1 aliphatic rings. The minimum absolute atomic E-state index is 0.000190. The average Bonchev–Trinajstić information content (AvgIpc) is 2.36. The van der Waals surface area contributed by atoms with Gasteiger partial charge in [-0.05, 0) is 31.0 Å². The predicted molar refractivity (Wildman–Crippen MR) is 77.1 cm³/mol. The van der Waals surface area contributed by atoms with E-state index < -0.39 is 21.6 Å². The summed E-state index contributed by atoms with van der Waals surface area (Å²) in [6.45, 7) is 3.20. The number of carboxylic acid groups (broad SMARTS) is 1. The lowest BCUT2D eigenvalue weighted by atomic mass is 9.94. The Kier molecular flexibility index (Phi) is 4.05. The van der Waals surface area contributed by atoms with Crippen LogP contribution in [0.2, 0.25) is 5.02 Å². The molecule has 0 aromatic heterocycles. The molecule has 0 radical (unpaired) electrons. The van der Waals surface area contributed by atoms with Crippen molar-refractivity contribution in [1.82, 2.24) is 4.31 Å². The molecule has 8 heteroatoms. The fraction of sp³-hybridized carbons (Fsp3) is 0.462. The van der Waals surface area contributed by atoms with Gasteiger partial charge in [0.1, 0.15) is 0 Å². The average molecular weight is 334 g/mol. The summed E-state index contributed by atoms with van der Waals surface area (Å²) in [7, 11) is -3.87. The summed E-state index contributed by atoms with van der Waals surface area (Å²) in [6, 6.07) is 2.46. The monoisotopic (exact) mass is 333 g/mol. The Morgan fingerprint density at radius 2 is 2.00 bits per heavy atom. The van der Waals surface area contributed by atoms with E-state index in [0.717, 1.165) is 4.31 Å². The van der Waals surface area contributed by atoms with Crippen LogP contribution in [0.3, 0.4) is 0 Å². The number of β-amino-alcohol motifs (C(OH)–C–C–N with tert-alkyl or cyclic N) is 1. The Labute approximate surface area is 128 Å². The van der Waals surface area contributed by atoms with E-state index >= 15 is 0 Å². The molecule has 1 saturated heterocycles. The number of halogens is 1. The van der Waals surface area contributed by atoms with Gasteiger partial charge in [0.15, 0.2) is 0 Å². The van der Waals surface area contributed by atoms with E-state index in [-0.39, 0.29) is 34.1 Å². The second-order valence-electron chi connectivity index (χ2n) is 5.23. The number of aromatic carboxylic acids is 1. The minimum Gasteiger partial charge on any atom is -0.478 e. The van der Waals surface area contributed by atoms with Crippen LogP contribution in [0.15, 0.2) is 17.0 Å². The zero-order chi connectivity index (χ0) is 16.0. The van der Waals surface area contributed by atoms with Crippen molar-refractivity contribution in [3.63, 3.8) is 0 Å². The molecule has 0 bridgehead atoms. The van der Waals surface area contributed by atoms with E-state index in [1.54, 1.807) is 6.92 Å². The largest absolute Gasteiger partial charge is 0.478 e. The van der Waals surface area contributed by atoms with Gasteiger partial charge in [-0.2, -0.15) is 4.31 Å². The lowest BCUT2D eigenvalue weighted by molar-refractivity contribution is -0.0613. The lowest BCUT2D eigenvalue weighted by Gasteiger charge is -2.45. The Morgan fingerprint density at radius 3 is 2.48 bits per heavy atom. The third kappa shape index (κ3) is 2.78. The van der Waals surface area contributed by atoms with Crippen LogP contribution in [-0.2, 0) is 10.0 Å². The first-order chi connectivity index (χ1) is 9.60. The molecule has 0 spiro atoms. The van der Waals surface area contributed by atoms with Gasteiger partial charge in [0.2, 0.25) is 10.0 Å². The summed E-state index contributed by atoms with van der Waals surface area (Å²) in [6.07, 6.45) is 0.452. The highest BCUT2D eigenvalue weighted by atomic mass is 35.5. The highest BCUT2D eigenvalue weighted by molar-refractivity contribution is 7.89. The quantitative estimate of drug-likeness (QED) is 0.870. The fourth-order valence-corrected chi connectivity index (χ4v) is 4.44. The van der Waals surface area contributed by atoms with E-state index in [9.17, 15) is 18.3 Å². The zero-order valence-corrected chi connectivity index (χ0v) is 13.2. The maximum atomic E-state index is 12.5. The summed E-state index contributed by atoms with van der Waals surface area (Å²) in [5.41, 5.74) is -1.01. The number of nitrogens with zero attached hydrogens (tertiary/aromatic N) is 1. The number of rotatable bonds is 4. The number of hydrogen-bond donors (Lipinski definition) is 2. The molecule has 1 aliphatic heterocycles. The molecule has 6 nitrogen and oxygen atoms in total. The fourth-order valence-electron chi connectivity index (χ4n) is 2.29. The second kappa shape index (κ2) is 5.24. The SMILES string of the molecule is CCC1(O)CN(S(=O)(=O)c2cc(Cl)cc(C(=O)O)c2C)C1. The van der Waals surface area contributed by atoms with Crippen LogP contribution < -0.4 is 0 Å². The third-order valence-electron chi connectivity index (χ3n) is 3.77. The number of carbonyl (C=O) groups is 1. The molecular weight excluding hydrogens is 318 g/mol. The molecule has 1 aromatic rings. The van der Waals surface area contributed by atoms with Gasteiger partial charge in [-0.1, -0.05) is 18.5 Å². The molecule has 0 atom stereocenters. The standard InChI is InChI=1S/C13H16ClNO5S/c1-3-13(18)6-15(7-13)21(19,20)11-5-9(14)4-10(8(11)2)12(16)17/h4-5,18H,3,6-7H2,1-2H3,(H,16,17). The first-order valence-corrected chi connectivity index (χ1v) is 8.18. The summed E-state index contributed by atoms with van der Waals surface area (Å²) in [5, 5.41) is 19.1. The molecule has 0 amide bonds. The first kappa shape index (κ1) is 16.2. The molecule has 1 aromatic carbocycles. The van der Waals surface area contributed by atoms with Crippen LogP contribution in [0, 0.1) is 6.92 Å². The number of sulfonamides is 1. The highest BCUT2D eigenvalue weighted by Crippen LogP contribution is 2.33. The first-order valence-electron chi connectivity index (χ1n) is 6.37. The normalized spacial score (nSPS) is 18.3. The molecule has 116 valence electrons. The van der Waals surface area contributed by atoms with Crippen LogP contribution in [0.1, 0.15) is 29.3 Å². The summed E-state index contributed by atoms with van der Waals surface area (Å²) in [5.74, 6) is -1.24. The zero-order valence-electron chi connectivity index (χ0n) is 11.6. The van der Waals surface area contributed by atoms with Crippen LogP contribution in [0.5, 0.6) is 0 Å². The highest BCUT2D eigenvalue weighted by Gasteiger charge is 2.46. The number of hydrogen-bond acceptors (Lipinski definition) is 4. The van der Waals surface area contributed by atoms with Gasteiger partial charge in [0, 0.05) is 18.1 Å². The van der Waals surface area contributed by atoms with Crippen molar-refractivity contribution in [3.8, 4) is 0 Å². The smallest absolute Gasteiger partial charge is 0.336 e. The summed E-state index contributed by atoms with van der Waals surface area (Å²) in [4.78, 5) is 11.0. The van der Waals surface area contributed by atoms with Crippen LogP contribution in [0.25, 0.3) is 0 Å².